The Kier molecular flexibility index (Phi) is 7.55. The van der Waals surface area contributed by atoms with Crippen molar-refractivity contribution in [2.24, 2.45) is 5.41 Å². The van der Waals surface area contributed by atoms with Gasteiger partial charge in [-0.2, -0.15) is 0 Å². The van der Waals surface area contributed by atoms with Crippen molar-refractivity contribution in [1.82, 2.24) is 15.0 Å². The number of aromatic nitrogens is 3. The Morgan fingerprint density at radius 2 is 0.930 bits per heavy atom. The lowest BCUT2D eigenvalue weighted by Crippen LogP contribution is -2.59. The molecule has 0 fully saturated rings. The molecule has 2 heterocycles. The van der Waals surface area contributed by atoms with Gasteiger partial charge in [-0.3, -0.25) is 0 Å². The largest absolute Gasteiger partial charge is 0.333 e. The second-order valence-corrected chi connectivity index (χ2v) is 15.4. The van der Waals surface area contributed by atoms with Gasteiger partial charge in [-0.1, -0.05) is 189 Å². The molecular weight excluding hydrogens is 693 g/mol. The van der Waals surface area contributed by atoms with Gasteiger partial charge in [0.05, 0.1) is 11.5 Å². The van der Waals surface area contributed by atoms with Crippen LogP contribution in [-0.4, -0.2) is 21.0 Å². The Hall–Kier alpha value is -7.17. The van der Waals surface area contributed by atoms with E-state index in [0.717, 1.165) is 33.5 Å². The molecule has 4 heteroatoms. The molecule has 0 saturated heterocycles. The van der Waals surface area contributed by atoms with E-state index < -0.39 is 0 Å². The van der Waals surface area contributed by atoms with Gasteiger partial charge in [0.2, 0.25) is 0 Å². The summed E-state index contributed by atoms with van der Waals surface area (Å²) in [5.41, 5.74) is 13.5. The number of anilines is 2. The van der Waals surface area contributed by atoms with Crippen molar-refractivity contribution < 1.29 is 0 Å². The van der Waals surface area contributed by atoms with E-state index >= 15 is 0 Å². The van der Waals surface area contributed by atoms with Gasteiger partial charge in [-0.15, -0.1) is 0 Å². The standard InChI is InChI=1S/C53H38N4/c1-52-33-15-14-32-48(52)57(47-31-13-12-30-46(47)53(52)44-28-10-8-26-42(44)43-27-9-11-29-45(43)53)41-25-17-23-39(35-41)38-22-16-24-40(34-38)51-55-49(36-18-4-2-5-19-36)54-50(56-51)37-20-6-3-7-21-37/h2-35,48H,1H3. The molecule has 2 atom stereocenters. The fourth-order valence-corrected chi connectivity index (χ4v) is 9.88. The van der Waals surface area contributed by atoms with Crippen molar-refractivity contribution in [3.63, 3.8) is 0 Å². The predicted molar refractivity (Wildman–Crippen MR) is 232 cm³/mol. The minimum atomic E-state index is -0.382. The van der Waals surface area contributed by atoms with Crippen LogP contribution in [0.2, 0.25) is 0 Å². The normalized spacial score (nSPS) is 18.1. The number of para-hydroxylation sites is 1. The molecule has 57 heavy (non-hydrogen) atoms. The van der Waals surface area contributed by atoms with Crippen LogP contribution < -0.4 is 4.90 Å². The van der Waals surface area contributed by atoms with E-state index in [0.29, 0.717) is 17.5 Å². The van der Waals surface area contributed by atoms with Gasteiger partial charge >= 0.3 is 0 Å². The number of benzene rings is 7. The first-order valence-electron chi connectivity index (χ1n) is 19.7. The molecule has 4 nitrogen and oxygen atoms in total. The highest BCUT2D eigenvalue weighted by molar-refractivity contribution is 5.90. The molecule has 8 aromatic rings. The quantitative estimate of drug-likeness (QED) is 0.177. The molecule has 0 saturated carbocycles. The third-order valence-corrected chi connectivity index (χ3v) is 12.3. The molecule has 2 aliphatic carbocycles. The molecule has 0 N–H and O–H groups in total. The van der Waals surface area contributed by atoms with E-state index in [4.69, 9.17) is 15.0 Å². The molecule has 7 aromatic carbocycles. The number of allylic oxidation sites excluding steroid dienone is 2. The van der Waals surface area contributed by atoms with Crippen molar-refractivity contribution in [1.29, 1.82) is 0 Å². The van der Waals surface area contributed by atoms with Gasteiger partial charge in [0.1, 0.15) is 0 Å². The van der Waals surface area contributed by atoms with Crippen LogP contribution in [0.5, 0.6) is 0 Å². The molecule has 3 aliphatic rings. The lowest BCUT2D eigenvalue weighted by Gasteiger charge is -2.59. The first kappa shape index (κ1) is 33.2. The van der Waals surface area contributed by atoms with Gasteiger partial charge in [0.25, 0.3) is 0 Å². The van der Waals surface area contributed by atoms with Crippen molar-refractivity contribution in [2.75, 3.05) is 4.90 Å². The average molecular weight is 731 g/mol. The minimum Gasteiger partial charge on any atom is -0.333 e. The maximum absolute atomic E-state index is 5.03. The maximum Gasteiger partial charge on any atom is 0.164 e. The number of nitrogens with zero attached hydrogens (tertiary/aromatic N) is 4. The second kappa shape index (κ2) is 13.0. The maximum atomic E-state index is 5.03. The zero-order chi connectivity index (χ0) is 38.0. The number of fused-ring (bicyclic) bond motifs is 9. The SMILES string of the molecule is CC12C=CC=CC1N(c1cccc(-c3cccc(-c4nc(-c5ccccc5)nc(-c5ccccc5)n4)c3)c1)c1ccccc1C21c2ccccc2-c2ccccc21. The van der Waals surface area contributed by atoms with E-state index in [1.165, 1.54) is 33.5 Å². The zero-order valence-corrected chi connectivity index (χ0v) is 31.5. The molecule has 0 radical (unpaired) electrons. The molecule has 2 unspecified atom stereocenters. The Labute approximate surface area is 333 Å². The van der Waals surface area contributed by atoms with E-state index in [-0.39, 0.29) is 16.9 Å². The van der Waals surface area contributed by atoms with Crippen molar-refractivity contribution >= 4 is 11.4 Å². The summed E-state index contributed by atoms with van der Waals surface area (Å²) in [6.07, 6.45) is 9.35. The lowest BCUT2D eigenvalue weighted by molar-refractivity contribution is 0.244. The highest BCUT2D eigenvalue weighted by Crippen LogP contribution is 2.68. The van der Waals surface area contributed by atoms with Gasteiger partial charge in [-0.05, 0) is 63.2 Å². The predicted octanol–water partition coefficient (Wildman–Crippen LogP) is 12.5. The molecular formula is C53H38N4. The van der Waals surface area contributed by atoms with Gasteiger partial charge in [-0.25, -0.2) is 15.0 Å². The molecule has 0 bridgehead atoms. The van der Waals surface area contributed by atoms with E-state index in [9.17, 15) is 0 Å². The number of hydrogen-bond donors (Lipinski definition) is 0. The Morgan fingerprint density at radius 1 is 0.439 bits per heavy atom. The van der Waals surface area contributed by atoms with Crippen molar-refractivity contribution in [3.05, 3.63) is 223 Å². The average Bonchev–Trinajstić information content (AvgIpc) is 3.59. The number of hydrogen-bond acceptors (Lipinski definition) is 4. The highest BCUT2D eigenvalue weighted by Gasteiger charge is 2.63. The van der Waals surface area contributed by atoms with Crippen LogP contribution in [0.4, 0.5) is 11.4 Å². The molecule has 0 amide bonds. The summed E-state index contributed by atoms with van der Waals surface area (Å²) in [6.45, 7) is 2.47. The summed E-state index contributed by atoms with van der Waals surface area (Å²) in [6, 6.07) is 65.1. The Bertz CT molecular complexity index is 2790. The van der Waals surface area contributed by atoms with Crippen LogP contribution in [0, 0.1) is 5.41 Å². The number of rotatable bonds is 5. The monoisotopic (exact) mass is 730 g/mol. The molecule has 270 valence electrons. The summed E-state index contributed by atoms with van der Waals surface area (Å²) >= 11 is 0. The van der Waals surface area contributed by atoms with Crippen molar-refractivity contribution in [2.45, 2.75) is 18.4 Å². The molecule has 1 aromatic heterocycles. The Morgan fingerprint density at radius 3 is 1.58 bits per heavy atom. The smallest absolute Gasteiger partial charge is 0.164 e. The summed E-state index contributed by atoms with van der Waals surface area (Å²) < 4.78 is 0. The summed E-state index contributed by atoms with van der Waals surface area (Å²) in [5, 5.41) is 0. The van der Waals surface area contributed by atoms with E-state index in [1.54, 1.807) is 0 Å². The van der Waals surface area contributed by atoms with Crippen LogP contribution in [0.15, 0.2) is 206 Å². The topological polar surface area (TPSA) is 41.9 Å². The minimum absolute atomic E-state index is 0.0382. The first-order valence-corrected chi connectivity index (χ1v) is 19.7. The summed E-state index contributed by atoms with van der Waals surface area (Å²) in [5.74, 6) is 1.94. The van der Waals surface area contributed by atoms with Crippen LogP contribution in [0.1, 0.15) is 23.6 Å². The van der Waals surface area contributed by atoms with Gasteiger partial charge < -0.3 is 4.90 Å². The zero-order valence-electron chi connectivity index (χ0n) is 31.5. The first-order chi connectivity index (χ1) is 28.1. The lowest BCUT2D eigenvalue weighted by atomic mass is 9.50. The summed E-state index contributed by atoms with van der Waals surface area (Å²) in [7, 11) is 0. The van der Waals surface area contributed by atoms with Crippen LogP contribution in [0.25, 0.3) is 56.4 Å². The van der Waals surface area contributed by atoms with E-state index in [1.807, 2.05) is 60.7 Å². The molecule has 1 spiro atoms. The highest BCUT2D eigenvalue weighted by atomic mass is 15.2. The fourth-order valence-electron chi connectivity index (χ4n) is 9.88. The van der Waals surface area contributed by atoms with E-state index in [2.05, 4.69) is 157 Å². The van der Waals surface area contributed by atoms with Crippen LogP contribution in [-0.2, 0) is 5.41 Å². The van der Waals surface area contributed by atoms with Gasteiger partial charge in [0.15, 0.2) is 17.5 Å². The third-order valence-electron chi connectivity index (χ3n) is 12.3. The fraction of sp³-hybridized carbons (Fsp3) is 0.0755. The van der Waals surface area contributed by atoms with Crippen LogP contribution >= 0.6 is 0 Å². The van der Waals surface area contributed by atoms with Gasteiger partial charge in [0, 0.05) is 33.5 Å². The Balaban J connectivity index is 1.05. The third kappa shape index (κ3) is 4.97. The second-order valence-electron chi connectivity index (χ2n) is 15.4. The van der Waals surface area contributed by atoms with Crippen LogP contribution in [0.3, 0.4) is 0 Å². The summed E-state index contributed by atoms with van der Waals surface area (Å²) in [4.78, 5) is 17.5. The van der Waals surface area contributed by atoms with Crippen molar-refractivity contribution in [3.8, 4) is 56.4 Å². The molecule has 1 aliphatic heterocycles. The molecule has 11 rings (SSSR count).